The number of anilines is 1. The highest BCUT2D eigenvalue weighted by molar-refractivity contribution is 5.91. The number of carbonyl (C=O) groups excluding carboxylic acids is 1. The van der Waals surface area contributed by atoms with E-state index in [4.69, 9.17) is 0 Å². The van der Waals surface area contributed by atoms with Gasteiger partial charge in [-0.25, -0.2) is 19.3 Å². The quantitative estimate of drug-likeness (QED) is 0.649. The fourth-order valence-electron chi connectivity index (χ4n) is 3.42. The normalized spacial score (nSPS) is 17.1. The molecule has 7 nitrogen and oxygen atoms in total. The summed E-state index contributed by atoms with van der Waals surface area (Å²) in [6.45, 7) is -0.899. The van der Waals surface area contributed by atoms with Crippen LogP contribution in [0.15, 0.2) is 30.7 Å². The zero-order valence-electron chi connectivity index (χ0n) is 15.0. The summed E-state index contributed by atoms with van der Waals surface area (Å²) in [7, 11) is 0. The number of aromatic nitrogens is 4. The molecule has 1 saturated heterocycles. The van der Waals surface area contributed by atoms with Gasteiger partial charge in [-0.15, -0.1) is 0 Å². The summed E-state index contributed by atoms with van der Waals surface area (Å²) in [4.78, 5) is 29.5. The predicted molar refractivity (Wildman–Crippen MR) is 96.5 cm³/mol. The third-order valence-electron chi connectivity index (χ3n) is 4.69. The average Bonchev–Trinajstić information content (AvgIpc) is 3.32. The number of nitrogens with zero attached hydrogens (tertiary/aromatic N) is 4. The molecule has 1 amide bonds. The lowest BCUT2D eigenvalue weighted by Gasteiger charge is -2.25. The summed E-state index contributed by atoms with van der Waals surface area (Å²) in [5.41, 5.74) is 1.01. The molecule has 0 bridgehead atoms. The summed E-state index contributed by atoms with van der Waals surface area (Å²) >= 11 is 0. The Labute approximate surface area is 162 Å². The number of alkyl halides is 3. The lowest BCUT2D eigenvalue weighted by molar-refractivity contribution is -0.139. The molecule has 0 radical (unpaired) electrons. The van der Waals surface area contributed by atoms with Gasteiger partial charge in [0.15, 0.2) is 5.82 Å². The monoisotopic (exact) mass is 408 g/mol. The first kappa shape index (κ1) is 19.1. The maximum Gasteiger partial charge on any atom is 0.405 e. The zero-order valence-corrected chi connectivity index (χ0v) is 15.0. The smallest absolute Gasteiger partial charge is 0.345 e. The molecule has 29 heavy (non-hydrogen) atoms. The fourth-order valence-corrected chi connectivity index (χ4v) is 3.42. The summed E-state index contributed by atoms with van der Waals surface area (Å²) in [6, 6.07) is 2.15. The third-order valence-corrected chi connectivity index (χ3v) is 4.69. The lowest BCUT2D eigenvalue weighted by Crippen LogP contribution is -2.46. The molecule has 0 saturated carbocycles. The Kier molecular flexibility index (Phi) is 4.81. The largest absolute Gasteiger partial charge is 0.405 e. The van der Waals surface area contributed by atoms with Crippen molar-refractivity contribution >= 4 is 22.8 Å². The van der Waals surface area contributed by atoms with E-state index >= 15 is 0 Å². The van der Waals surface area contributed by atoms with Crippen LogP contribution in [0.3, 0.4) is 0 Å². The number of rotatable bonds is 4. The number of carbonyl (C=O) groups is 1. The Morgan fingerprint density at radius 3 is 2.97 bits per heavy atom. The highest BCUT2D eigenvalue weighted by Crippen LogP contribution is 2.29. The van der Waals surface area contributed by atoms with E-state index in [9.17, 15) is 22.4 Å². The van der Waals surface area contributed by atoms with Gasteiger partial charge in [0.05, 0.1) is 6.20 Å². The summed E-state index contributed by atoms with van der Waals surface area (Å²) < 4.78 is 50.8. The van der Waals surface area contributed by atoms with E-state index in [1.165, 1.54) is 12.3 Å². The molecule has 4 heterocycles. The Bertz CT molecular complexity index is 1050. The van der Waals surface area contributed by atoms with Crippen molar-refractivity contribution in [3.05, 3.63) is 36.5 Å². The topological polar surface area (TPSA) is 86.8 Å². The molecule has 4 rings (SSSR count). The number of amides is 1. The molecule has 1 fully saturated rings. The van der Waals surface area contributed by atoms with Crippen LogP contribution < -0.4 is 10.2 Å². The van der Waals surface area contributed by atoms with Gasteiger partial charge < -0.3 is 15.2 Å². The molecule has 0 unspecified atom stereocenters. The van der Waals surface area contributed by atoms with Gasteiger partial charge in [-0.2, -0.15) is 13.2 Å². The van der Waals surface area contributed by atoms with Crippen molar-refractivity contribution < 1.29 is 22.4 Å². The van der Waals surface area contributed by atoms with Gasteiger partial charge in [0.1, 0.15) is 29.9 Å². The van der Waals surface area contributed by atoms with Crippen LogP contribution >= 0.6 is 0 Å². The number of nitrogens with one attached hydrogen (secondary N) is 2. The second kappa shape index (κ2) is 7.30. The lowest BCUT2D eigenvalue weighted by atomic mass is 10.2. The van der Waals surface area contributed by atoms with Crippen LogP contribution in [0.4, 0.5) is 23.4 Å². The van der Waals surface area contributed by atoms with Crippen LogP contribution in [-0.4, -0.2) is 51.2 Å². The first-order valence-electron chi connectivity index (χ1n) is 8.89. The van der Waals surface area contributed by atoms with Gasteiger partial charge >= 0.3 is 6.18 Å². The van der Waals surface area contributed by atoms with Gasteiger partial charge in [-0.3, -0.25) is 4.79 Å². The summed E-state index contributed by atoms with van der Waals surface area (Å²) in [5.74, 6) is -0.491. The average molecular weight is 408 g/mol. The van der Waals surface area contributed by atoms with Crippen molar-refractivity contribution in [3.8, 4) is 11.4 Å². The van der Waals surface area contributed by atoms with E-state index in [2.05, 4.69) is 19.9 Å². The Balaban J connectivity index is 1.61. The second-order valence-corrected chi connectivity index (χ2v) is 6.67. The molecule has 1 aliphatic heterocycles. The molecule has 0 aromatic carbocycles. The van der Waals surface area contributed by atoms with E-state index in [1.807, 2.05) is 5.32 Å². The molecule has 0 aliphatic carbocycles. The van der Waals surface area contributed by atoms with Crippen molar-refractivity contribution in [1.82, 2.24) is 25.3 Å². The van der Waals surface area contributed by atoms with Crippen molar-refractivity contribution in [2.24, 2.45) is 0 Å². The van der Waals surface area contributed by atoms with E-state index < -0.39 is 30.5 Å². The molecule has 11 heteroatoms. The molecule has 1 aliphatic rings. The fraction of sp³-hybridized carbons (Fsp3) is 0.333. The molecule has 3 aromatic rings. The maximum absolute atomic E-state index is 13.6. The number of pyridine rings is 1. The first-order chi connectivity index (χ1) is 13.8. The third kappa shape index (κ3) is 3.98. The van der Waals surface area contributed by atoms with Gasteiger partial charge in [-0.1, -0.05) is 0 Å². The van der Waals surface area contributed by atoms with Crippen LogP contribution in [0.2, 0.25) is 0 Å². The minimum atomic E-state index is -4.47. The highest BCUT2D eigenvalue weighted by atomic mass is 19.4. The SMILES string of the molecule is O=C(NCC(F)(F)F)[C@H]1CCCN1c1ccnc(-c2c[nH]c3ncc(F)cc23)n1. The van der Waals surface area contributed by atoms with E-state index in [1.54, 1.807) is 17.2 Å². The Morgan fingerprint density at radius 2 is 2.17 bits per heavy atom. The number of hydrogen-bond donors (Lipinski definition) is 2. The number of halogens is 4. The van der Waals surface area contributed by atoms with Crippen LogP contribution in [-0.2, 0) is 4.79 Å². The van der Waals surface area contributed by atoms with Crippen molar-refractivity contribution in [2.75, 3.05) is 18.0 Å². The molecule has 3 aromatic heterocycles. The first-order valence-corrected chi connectivity index (χ1v) is 8.89. The van der Waals surface area contributed by atoms with Gasteiger partial charge in [0.2, 0.25) is 5.91 Å². The Hall–Kier alpha value is -3.24. The van der Waals surface area contributed by atoms with Gasteiger partial charge in [0.25, 0.3) is 0 Å². The van der Waals surface area contributed by atoms with Crippen molar-refractivity contribution in [3.63, 3.8) is 0 Å². The second-order valence-electron chi connectivity index (χ2n) is 6.67. The van der Waals surface area contributed by atoms with Gasteiger partial charge in [0, 0.05) is 29.9 Å². The van der Waals surface area contributed by atoms with Crippen LogP contribution in [0.5, 0.6) is 0 Å². The van der Waals surface area contributed by atoms with Gasteiger partial charge in [-0.05, 0) is 25.0 Å². The number of H-pyrrole nitrogens is 1. The minimum Gasteiger partial charge on any atom is -0.345 e. The number of hydrogen-bond acceptors (Lipinski definition) is 5. The summed E-state index contributed by atoms with van der Waals surface area (Å²) in [5, 5.41) is 2.44. The van der Waals surface area contributed by atoms with Crippen molar-refractivity contribution in [1.29, 1.82) is 0 Å². The molecular formula is C18H16F4N6O. The van der Waals surface area contributed by atoms with Crippen molar-refractivity contribution in [2.45, 2.75) is 25.1 Å². The maximum atomic E-state index is 13.6. The molecule has 152 valence electrons. The number of aromatic amines is 1. The summed E-state index contributed by atoms with van der Waals surface area (Å²) in [6.07, 6.45) is 0.783. The van der Waals surface area contributed by atoms with Crippen LogP contribution in [0.25, 0.3) is 22.4 Å². The highest BCUT2D eigenvalue weighted by Gasteiger charge is 2.35. The standard InChI is InChI=1S/C18H16F4N6O/c19-10-6-11-12(8-25-15(11)24-7-10)16-23-4-3-14(27-16)28-5-1-2-13(28)17(29)26-9-18(20,21)22/h3-4,6-8,13H,1-2,5,9H2,(H,24,25)(H,26,29)/t13-/m1/s1. The molecule has 2 N–H and O–H groups in total. The molecule has 1 atom stereocenters. The van der Waals surface area contributed by atoms with E-state index in [-0.39, 0.29) is 0 Å². The zero-order chi connectivity index (χ0) is 20.6. The van der Waals surface area contributed by atoms with Crippen LogP contribution in [0.1, 0.15) is 12.8 Å². The van der Waals surface area contributed by atoms with E-state index in [0.29, 0.717) is 47.6 Å². The predicted octanol–water partition coefficient (Wildman–Crippen LogP) is 2.81. The van der Waals surface area contributed by atoms with Crippen LogP contribution in [0, 0.1) is 5.82 Å². The minimum absolute atomic E-state index is 0.294. The number of fused-ring (bicyclic) bond motifs is 1. The molecule has 0 spiro atoms. The molecular weight excluding hydrogens is 392 g/mol. The van der Waals surface area contributed by atoms with E-state index in [0.717, 1.165) is 6.20 Å². The Morgan fingerprint density at radius 1 is 1.34 bits per heavy atom.